The molecule has 37 heavy (non-hydrogen) atoms. The molecule has 2 unspecified atom stereocenters. The third kappa shape index (κ3) is 3.78. The van der Waals surface area contributed by atoms with Gasteiger partial charge in [-0.3, -0.25) is 9.59 Å². The average Bonchev–Trinajstić information content (AvgIpc) is 3.39. The largest absolute Gasteiger partial charge is 0.487 e. The lowest BCUT2D eigenvalue weighted by Gasteiger charge is -2.59. The van der Waals surface area contributed by atoms with Crippen LogP contribution in [-0.2, 0) is 32.1 Å². The highest BCUT2D eigenvalue weighted by Crippen LogP contribution is 2.61. The van der Waals surface area contributed by atoms with Crippen LogP contribution in [0.1, 0.15) is 67.2 Å². The van der Waals surface area contributed by atoms with Crippen molar-refractivity contribution < 1.29 is 23.5 Å². The van der Waals surface area contributed by atoms with Crippen molar-refractivity contribution in [3.63, 3.8) is 0 Å². The number of carbonyl (C=O) groups excluding carboxylic acids is 2. The van der Waals surface area contributed by atoms with Crippen molar-refractivity contribution in [1.82, 2.24) is 0 Å². The topological polar surface area (TPSA) is 90.7 Å². The van der Waals surface area contributed by atoms with Gasteiger partial charge in [0.2, 0.25) is 0 Å². The van der Waals surface area contributed by atoms with Gasteiger partial charge >= 0.3 is 5.97 Å². The van der Waals surface area contributed by atoms with Crippen LogP contribution in [0.25, 0.3) is 11.3 Å². The van der Waals surface area contributed by atoms with E-state index in [2.05, 4.69) is 11.4 Å². The molecule has 0 aromatic heterocycles. The number of fused-ring (bicyclic) bond motifs is 2. The zero-order valence-corrected chi connectivity index (χ0v) is 20.8. The molecule has 1 amide bonds. The molecule has 2 aliphatic heterocycles. The van der Waals surface area contributed by atoms with Gasteiger partial charge in [-0.1, -0.05) is 18.2 Å². The Morgan fingerprint density at radius 3 is 2.70 bits per heavy atom. The monoisotopic (exact) mass is 502 g/mol. The summed E-state index contributed by atoms with van der Waals surface area (Å²) in [4.78, 5) is 25.8. The molecule has 7 heteroatoms. The number of aryl methyl sites for hydroxylation is 1. The maximum Gasteiger partial charge on any atom is 0.312 e. The lowest BCUT2D eigenvalue weighted by Crippen LogP contribution is -2.62. The molecular formula is C30H31FN2O4. The van der Waals surface area contributed by atoms with Gasteiger partial charge in [0.25, 0.3) is 5.91 Å². The van der Waals surface area contributed by atoms with E-state index in [-0.39, 0.29) is 22.8 Å². The maximum atomic E-state index is 13.9. The van der Waals surface area contributed by atoms with E-state index in [1.165, 1.54) is 18.6 Å². The van der Waals surface area contributed by atoms with E-state index in [1.807, 2.05) is 12.1 Å². The molecule has 4 aliphatic carbocycles. The number of hydrogen-bond acceptors (Lipinski definition) is 5. The highest BCUT2D eigenvalue weighted by molar-refractivity contribution is 6.36. The van der Waals surface area contributed by atoms with Crippen LogP contribution in [0, 0.1) is 23.1 Å². The van der Waals surface area contributed by atoms with Crippen molar-refractivity contribution in [1.29, 1.82) is 0 Å². The second kappa shape index (κ2) is 8.15. The number of anilines is 1. The van der Waals surface area contributed by atoms with E-state index in [9.17, 15) is 14.0 Å². The molecule has 0 saturated heterocycles. The van der Waals surface area contributed by atoms with Crippen molar-refractivity contribution in [3.8, 4) is 0 Å². The summed E-state index contributed by atoms with van der Waals surface area (Å²) in [5.41, 5.74) is 10.6. The molecule has 4 bridgehead atoms. The third-order valence-corrected chi connectivity index (χ3v) is 9.12. The Morgan fingerprint density at radius 1 is 1.11 bits per heavy atom. The maximum absolute atomic E-state index is 13.9. The summed E-state index contributed by atoms with van der Waals surface area (Å²) in [6, 6.07) is 10.3. The first-order valence-corrected chi connectivity index (χ1v) is 13.4. The van der Waals surface area contributed by atoms with Gasteiger partial charge in [0, 0.05) is 27.9 Å². The molecule has 0 radical (unpaired) electrons. The van der Waals surface area contributed by atoms with Crippen LogP contribution < -0.4 is 11.1 Å². The first-order valence-electron chi connectivity index (χ1n) is 13.4. The predicted octanol–water partition coefficient (Wildman–Crippen LogP) is 4.95. The Bertz CT molecular complexity index is 1350. The van der Waals surface area contributed by atoms with Crippen LogP contribution in [0.15, 0.2) is 36.4 Å². The molecule has 4 saturated carbocycles. The summed E-state index contributed by atoms with van der Waals surface area (Å²) < 4.78 is 25.6. The Labute approximate surface area is 215 Å². The molecule has 2 atom stereocenters. The first kappa shape index (κ1) is 23.0. The summed E-state index contributed by atoms with van der Waals surface area (Å²) in [6.45, 7) is 0.763. The SMILES string of the molecule is NC12CC3CC(C1)CC(C(=O)OCCCc1ccc4c(c1)CO/C4=C1/C(=O)Nc4ccc(F)cc41)(C3)C2. The fraction of sp³-hybridized carbons (Fsp3) is 0.467. The van der Waals surface area contributed by atoms with Gasteiger partial charge < -0.3 is 20.5 Å². The van der Waals surface area contributed by atoms with Crippen LogP contribution in [-0.4, -0.2) is 24.0 Å². The smallest absolute Gasteiger partial charge is 0.312 e. The van der Waals surface area contributed by atoms with Crippen LogP contribution >= 0.6 is 0 Å². The van der Waals surface area contributed by atoms with E-state index in [0.29, 0.717) is 47.6 Å². The molecule has 0 spiro atoms. The average molecular weight is 503 g/mol. The third-order valence-electron chi connectivity index (χ3n) is 9.12. The lowest BCUT2D eigenvalue weighted by atomic mass is 9.47. The molecule has 2 aromatic rings. The summed E-state index contributed by atoms with van der Waals surface area (Å²) in [5, 5.41) is 2.79. The molecule has 8 rings (SSSR count). The first-order chi connectivity index (χ1) is 17.8. The second-order valence-corrected chi connectivity index (χ2v) is 12.0. The summed E-state index contributed by atoms with van der Waals surface area (Å²) in [6.07, 6.45) is 7.54. The number of ether oxygens (including phenoxy) is 2. The summed E-state index contributed by atoms with van der Waals surface area (Å²) >= 11 is 0. The fourth-order valence-electron chi connectivity index (χ4n) is 8.11. The van der Waals surface area contributed by atoms with Gasteiger partial charge in [-0.05, 0) is 87.0 Å². The molecule has 2 heterocycles. The number of nitrogens with two attached hydrogens (primary N) is 1. The summed E-state index contributed by atoms with van der Waals surface area (Å²) in [5.74, 6) is 0.930. The minimum atomic E-state index is -0.395. The second-order valence-electron chi connectivity index (χ2n) is 12.0. The van der Waals surface area contributed by atoms with Gasteiger partial charge in [-0.2, -0.15) is 0 Å². The predicted molar refractivity (Wildman–Crippen MR) is 136 cm³/mol. The van der Waals surface area contributed by atoms with Crippen molar-refractivity contribution in [2.45, 2.75) is 63.5 Å². The number of hydrogen-bond donors (Lipinski definition) is 2. The van der Waals surface area contributed by atoms with Crippen molar-refractivity contribution in [3.05, 3.63) is 64.5 Å². The van der Waals surface area contributed by atoms with Crippen LogP contribution in [0.2, 0.25) is 0 Å². The van der Waals surface area contributed by atoms with Crippen molar-refractivity contribution in [2.75, 3.05) is 11.9 Å². The number of nitrogens with one attached hydrogen (secondary N) is 1. The van der Waals surface area contributed by atoms with Crippen LogP contribution in [0.3, 0.4) is 0 Å². The molecular weight excluding hydrogens is 471 g/mol. The van der Waals surface area contributed by atoms with E-state index >= 15 is 0 Å². The minimum Gasteiger partial charge on any atom is -0.487 e. The molecule has 192 valence electrons. The van der Waals surface area contributed by atoms with Gasteiger partial charge in [0.05, 0.1) is 17.6 Å². The number of amides is 1. The molecule has 3 N–H and O–H groups in total. The molecule has 6 aliphatic rings. The Hall–Kier alpha value is -3.19. The van der Waals surface area contributed by atoms with Gasteiger partial charge in [0.15, 0.2) is 0 Å². The Morgan fingerprint density at radius 2 is 1.92 bits per heavy atom. The Balaban J connectivity index is 1.01. The van der Waals surface area contributed by atoms with E-state index < -0.39 is 5.82 Å². The van der Waals surface area contributed by atoms with Crippen molar-refractivity contribution >= 4 is 28.9 Å². The highest BCUT2D eigenvalue weighted by atomic mass is 19.1. The molecule has 4 fully saturated rings. The highest BCUT2D eigenvalue weighted by Gasteiger charge is 2.60. The Kier molecular flexibility index (Phi) is 5.06. The van der Waals surface area contributed by atoms with E-state index in [1.54, 1.807) is 6.07 Å². The fourth-order valence-corrected chi connectivity index (χ4v) is 8.11. The summed E-state index contributed by atoms with van der Waals surface area (Å²) in [7, 11) is 0. The number of benzene rings is 2. The zero-order chi connectivity index (χ0) is 25.4. The number of carbonyl (C=O) groups is 2. The number of halogens is 1. The number of esters is 1. The van der Waals surface area contributed by atoms with Crippen molar-refractivity contribution in [2.24, 2.45) is 23.0 Å². The standard InChI is InChI=1S/C30H31FN2O4/c31-21-4-6-24-23(10-21)25(27(34)33-24)26-22-5-3-17(9-20(22)15-37-26)2-1-7-36-28(35)29-11-18-8-19(12-29)14-30(32,13-18)16-29/h3-6,9-10,18-19H,1-2,7-8,11-16,32H2,(H,33,34)/b26-25+. The van der Waals surface area contributed by atoms with Crippen LogP contribution in [0.5, 0.6) is 0 Å². The van der Waals surface area contributed by atoms with Crippen LogP contribution in [0.4, 0.5) is 10.1 Å². The van der Waals surface area contributed by atoms with Gasteiger partial charge in [-0.25, -0.2) is 4.39 Å². The van der Waals surface area contributed by atoms with Gasteiger partial charge in [0.1, 0.15) is 18.2 Å². The van der Waals surface area contributed by atoms with E-state index in [0.717, 1.165) is 61.6 Å². The zero-order valence-electron chi connectivity index (χ0n) is 20.8. The lowest BCUT2D eigenvalue weighted by molar-refractivity contribution is -0.173. The minimum absolute atomic E-state index is 0.0402. The molecule has 2 aromatic carbocycles. The van der Waals surface area contributed by atoms with Gasteiger partial charge in [-0.15, -0.1) is 0 Å². The quantitative estimate of drug-likeness (QED) is 0.343. The molecule has 6 nitrogen and oxygen atoms in total. The normalized spacial score (nSPS) is 32.6. The number of rotatable bonds is 5. The van der Waals surface area contributed by atoms with E-state index in [4.69, 9.17) is 15.2 Å².